The van der Waals surface area contributed by atoms with Gasteiger partial charge in [-0.05, 0) is 40.0 Å². The maximum atomic E-state index is 12.2. The van der Waals surface area contributed by atoms with Crippen LogP contribution in [0.5, 0.6) is 5.19 Å². The lowest BCUT2D eigenvalue weighted by Gasteiger charge is -2.36. The van der Waals surface area contributed by atoms with Gasteiger partial charge in [0.2, 0.25) is 0 Å². The highest BCUT2D eigenvalue weighted by Crippen LogP contribution is 2.22. The van der Waals surface area contributed by atoms with E-state index in [0.29, 0.717) is 11.8 Å². The largest absolute Gasteiger partial charge is 0.468 e. The molecule has 1 fully saturated rings. The van der Waals surface area contributed by atoms with Gasteiger partial charge in [-0.3, -0.25) is 0 Å². The number of piperidine rings is 1. The second-order valence-electron chi connectivity index (χ2n) is 5.93. The minimum atomic E-state index is -0.463. The third-order valence-corrected chi connectivity index (χ3v) is 3.75. The molecule has 0 N–H and O–H groups in total. The minimum Gasteiger partial charge on any atom is -0.468 e. The molecule has 0 unspecified atom stereocenters. The molecule has 1 aliphatic heterocycles. The Kier molecular flexibility index (Phi) is 4.86. The molecule has 112 valence electrons. The fourth-order valence-electron chi connectivity index (χ4n) is 2.18. The lowest BCUT2D eigenvalue weighted by Crippen LogP contribution is -2.48. The van der Waals surface area contributed by atoms with Crippen molar-refractivity contribution in [2.45, 2.75) is 51.7 Å². The van der Waals surface area contributed by atoms with Gasteiger partial charge in [-0.1, -0.05) is 11.3 Å². The summed E-state index contributed by atoms with van der Waals surface area (Å²) in [6.07, 6.45) is 4.56. The van der Waals surface area contributed by atoms with Crippen LogP contribution in [-0.4, -0.2) is 40.8 Å². The lowest BCUT2D eigenvalue weighted by molar-refractivity contribution is 0.00360. The molecule has 6 heteroatoms. The van der Waals surface area contributed by atoms with Gasteiger partial charge in [-0.15, -0.1) is 0 Å². The number of rotatable bonds is 3. The molecule has 1 saturated heterocycles. The zero-order valence-corrected chi connectivity index (χ0v) is 13.1. The van der Waals surface area contributed by atoms with Crippen molar-refractivity contribution in [3.05, 3.63) is 11.6 Å². The number of nitrogens with zero attached hydrogens (tertiary/aromatic N) is 2. The number of likely N-dealkylation sites (tertiary alicyclic amines) is 1. The van der Waals surface area contributed by atoms with E-state index >= 15 is 0 Å². The predicted octanol–water partition coefficient (Wildman–Crippen LogP) is 3.31. The second kappa shape index (κ2) is 6.43. The molecular weight excluding hydrogens is 276 g/mol. The van der Waals surface area contributed by atoms with Crippen LogP contribution in [0.1, 0.15) is 40.0 Å². The first-order chi connectivity index (χ1) is 9.46. The topological polar surface area (TPSA) is 51.7 Å². The predicted molar refractivity (Wildman–Crippen MR) is 78.2 cm³/mol. The summed E-state index contributed by atoms with van der Waals surface area (Å²) in [4.78, 5) is 18.1. The Morgan fingerprint density at radius 3 is 2.95 bits per heavy atom. The van der Waals surface area contributed by atoms with Gasteiger partial charge < -0.3 is 14.4 Å². The van der Waals surface area contributed by atoms with Crippen molar-refractivity contribution >= 4 is 17.4 Å². The van der Waals surface area contributed by atoms with E-state index in [2.05, 4.69) is 4.98 Å². The van der Waals surface area contributed by atoms with Crippen LogP contribution in [0.2, 0.25) is 0 Å². The van der Waals surface area contributed by atoms with Crippen LogP contribution in [0.15, 0.2) is 11.6 Å². The average molecular weight is 298 g/mol. The molecule has 1 aromatic heterocycles. The summed E-state index contributed by atoms with van der Waals surface area (Å²) in [7, 11) is 0. The molecule has 1 aromatic rings. The summed E-state index contributed by atoms with van der Waals surface area (Å²) >= 11 is 1.46. The Morgan fingerprint density at radius 1 is 1.50 bits per heavy atom. The van der Waals surface area contributed by atoms with E-state index in [9.17, 15) is 4.79 Å². The normalized spacial score (nSPS) is 19.8. The molecule has 2 heterocycles. The van der Waals surface area contributed by atoms with Crippen LogP contribution < -0.4 is 4.74 Å². The van der Waals surface area contributed by atoms with Crippen molar-refractivity contribution in [2.75, 3.05) is 13.2 Å². The quantitative estimate of drug-likeness (QED) is 0.859. The second-order valence-corrected chi connectivity index (χ2v) is 6.79. The monoisotopic (exact) mass is 298 g/mol. The highest BCUT2D eigenvalue weighted by Gasteiger charge is 2.30. The van der Waals surface area contributed by atoms with Crippen LogP contribution in [0.25, 0.3) is 0 Å². The molecule has 1 amide bonds. The Morgan fingerprint density at radius 2 is 2.30 bits per heavy atom. The number of hydrogen-bond donors (Lipinski definition) is 0. The van der Waals surface area contributed by atoms with Gasteiger partial charge in [0.1, 0.15) is 12.2 Å². The molecule has 0 spiro atoms. The Balaban J connectivity index is 1.92. The standard InChI is InChI=1S/C14H22N2O3S/c1-14(2,3)19-13(17)16-8-5-4-6-11(16)10-18-12-15-7-9-20-12/h7,9,11H,4-6,8,10H2,1-3H3/t11-/m0/s1. The van der Waals surface area contributed by atoms with Gasteiger partial charge in [0.05, 0.1) is 6.04 Å². The number of carbonyl (C=O) groups is 1. The summed E-state index contributed by atoms with van der Waals surface area (Å²) in [6.45, 7) is 6.87. The van der Waals surface area contributed by atoms with Crippen molar-refractivity contribution in [2.24, 2.45) is 0 Å². The number of carbonyl (C=O) groups excluding carboxylic acids is 1. The van der Waals surface area contributed by atoms with E-state index in [1.54, 1.807) is 11.1 Å². The highest BCUT2D eigenvalue weighted by atomic mass is 32.1. The molecule has 2 rings (SSSR count). The third kappa shape index (κ3) is 4.37. The molecule has 1 aliphatic rings. The molecular formula is C14H22N2O3S. The smallest absolute Gasteiger partial charge is 0.410 e. The van der Waals surface area contributed by atoms with Crippen molar-refractivity contribution < 1.29 is 14.3 Å². The van der Waals surface area contributed by atoms with E-state index in [4.69, 9.17) is 9.47 Å². The Bertz CT molecular complexity index is 428. The van der Waals surface area contributed by atoms with Crippen LogP contribution in [0.3, 0.4) is 0 Å². The van der Waals surface area contributed by atoms with E-state index in [1.807, 2.05) is 26.2 Å². The third-order valence-electron chi connectivity index (χ3n) is 3.06. The first kappa shape index (κ1) is 15.1. The molecule has 0 saturated carbocycles. The zero-order chi connectivity index (χ0) is 14.6. The van der Waals surface area contributed by atoms with Gasteiger partial charge in [0.15, 0.2) is 0 Å². The zero-order valence-electron chi connectivity index (χ0n) is 12.3. The molecule has 0 aromatic carbocycles. The molecule has 1 atom stereocenters. The lowest BCUT2D eigenvalue weighted by atomic mass is 10.0. The number of hydrogen-bond acceptors (Lipinski definition) is 5. The van der Waals surface area contributed by atoms with E-state index in [1.165, 1.54) is 11.3 Å². The molecule has 0 aliphatic carbocycles. The average Bonchev–Trinajstić information content (AvgIpc) is 2.87. The van der Waals surface area contributed by atoms with Gasteiger partial charge in [0, 0.05) is 18.1 Å². The van der Waals surface area contributed by atoms with Crippen molar-refractivity contribution in [1.82, 2.24) is 9.88 Å². The van der Waals surface area contributed by atoms with E-state index in [-0.39, 0.29) is 12.1 Å². The number of amides is 1. The fourth-order valence-corrected chi connectivity index (χ4v) is 2.68. The Labute approximate surface area is 123 Å². The fraction of sp³-hybridized carbons (Fsp3) is 0.714. The SMILES string of the molecule is CC(C)(C)OC(=O)N1CCCC[C@H]1COc1nccs1. The van der Waals surface area contributed by atoms with Crippen molar-refractivity contribution in [3.63, 3.8) is 0 Å². The van der Waals surface area contributed by atoms with Crippen molar-refractivity contribution in [1.29, 1.82) is 0 Å². The van der Waals surface area contributed by atoms with Crippen LogP contribution in [0.4, 0.5) is 4.79 Å². The molecule has 5 nitrogen and oxygen atoms in total. The van der Waals surface area contributed by atoms with Gasteiger partial charge in [-0.2, -0.15) is 0 Å². The first-order valence-corrected chi connectivity index (χ1v) is 7.85. The maximum Gasteiger partial charge on any atom is 0.410 e. The number of ether oxygens (including phenoxy) is 2. The van der Waals surface area contributed by atoms with Gasteiger partial charge in [0.25, 0.3) is 5.19 Å². The maximum absolute atomic E-state index is 12.2. The summed E-state index contributed by atoms with van der Waals surface area (Å²) in [6, 6.07) is 0.0718. The van der Waals surface area contributed by atoms with Crippen LogP contribution >= 0.6 is 11.3 Å². The Hall–Kier alpha value is -1.30. The summed E-state index contributed by atoms with van der Waals surface area (Å²) in [5, 5.41) is 2.53. The summed E-state index contributed by atoms with van der Waals surface area (Å²) in [5.41, 5.74) is -0.463. The molecule has 0 bridgehead atoms. The molecule has 0 radical (unpaired) electrons. The molecule has 20 heavy (non-hydrogen) atoms. The number of aromatic nitrogens is 1. The van der Waals surface area contributed by atoms with Gasteiger partial charge >= 0.3 is 6.09 Å². The first-order valence-electron chi connectivity index (χ1n) is 6.97. The van der Waals surface area contributed by atoms with E-state index in [0.717, 1.165) is 25.8 Å². The van der Waals surface area contributed by atoms with Gasteiger partial charge in [-0.25, -0.2) is 9.78 Å². The van der Waals surface area contributed by atoms with Crippen LogP contribution in [0, 0.1) is 0 Å². The number of thiazole rings is 1. The van der Waals surface area contributed by atoms with E-state index < -0.39 is 5.60 Å². The van der Waals surface area contributed by atoms with Crippen molar-refractivity contribution in [3.8, 4) is 5.19 Å². The minimum absolute atomic E-state index is 0.0718. The highest BCUT2D eigenvalue weighted by molar-refractivity contribution is 7.11. The summed E-state index contributed by atoms with van der Waals surface area (Å²) < 4.78 is 11.1. The van der Waals surface area contributed by atoms with Crippen LogP contribution in [-0.2, 0) is 4.74 Å². The summed E-state index contributed by atoms with van der Waals surface area (Å²) in [5.74, 6) is 0.